The highest BCUT2D eigenvalue weighted by Gasteiger charge is 2.29. The summed E-state index contributed by atoms with van der Waals surface area (Å²) in [5.41, 5.74) is -0.173. The minimum atomic E-state index is -1.25. The quantitative estimate of drug-likeness (QED) is 0.698. The van der Waals surface area contributed by atoms with E-state index in [1.807, 2.05) is 42.5 Å². The fraction of sp³-hybridized carbons (Fsp3) is 0.350. The highest BCUT2D eigenvalue weighted by atomic mass is 16.5. The molecule has 134 valence electrons. The van der Waals surface area contributed by atoms with Crippen molar-refractivity contribution >= 4 is 5.97 Å². The molecule has 0 bridgehead atoms. The van der Waals surface area contributed by atoms with Crippen molar-refractivity contribution in [2.75, 3.05) is 13.7 Å². The van der Waals surface area contributed by atoms with Gasteiger partial charge in [0.1, 0.15) is 17.2 Å². The first-order valence-electron chi connectivity index (χ1n) is 8.19. The molecular weight excluding hydrogens is 320 g/mol. The highest BCUT2D eigenvalue weighted by molar-refractivity contribution is 5.76. The minimum Gasteiger partial charge on any atom is -0.497 e. The number of hydrogen-bond donors (Lipinski definition) is 1. The summed E-state index contributed by atoms with van der Waals surface area (Å²) in [7, 11) is 1.63. The molecule has 0 radical (unpaired) electrons. The number of hydrogen-bond acceptors (Lipinski definition) is 4. The van der Waals surface area contributed by atoms with Crippen molar-refractivity contribution in [2.24, 2.45) is 0 Å². The third-order valence-electron chi connectivity index (χ3n) is 3.72. The minimum absolute atomic E-state index is 0.556. The van der Waals surface area contributed by atoms with Crippen LogP contribution in [0.4, 0.5) is 0 Å². The second-order valence-corrected chi connectivity index (χ2v) is 6.19. The number of rotatable bonds is 9. The van der Waals surface area contributed by atoms with Gasteiger partial charge in [0, 0.05) is 0 Å². The molecule has 2 rings (SSSR count). The molecule has 0 saturated carbocycles. The Hall–Kier alpha value is -2.69. The van der Waals surface area contributed by atoms with Gasteiger partial charge < -0.3 is 19.3 Å². The van der Waals surface area contributed by atoms with Gasteiger partial charge in [-0.15, -0.1) is 0 Å². The second-order valence-electron chi connectivity index (χ2n) is 6.19. The van der Waals surface area contributed by atoms with Gasteiger partial charge in [0.2, 0.25) is 0 Å². The lowest BCUT2D eigenvalue weighted by Crippen LogP contribution is -2.37. The maximum Gasteiger partial charge on any atom is 0.347 e. The molecule has 25 heavy (non-hydrogen) atoms. The molecule has 0 atom stereocenters. The number of methoxy groups -OCH3 is 1. The monoisotopic (exact) mass is 344 g/mol. The van der Waals surface area contributed by atoms with Crippen molar-refractivity contribution in [3.05, 3.63) is 54.1 Å². The highest BCUT2D eigenvalue weighted by Crippen LogP contribution is 2.21. The predicted molar refractivity (Wildman–Crippen MR) is 95.6 cm³/mol. The lowest BCUT2D eigenvalue weighted by atomic mass is 10.1. The first kappa shape index (κ1) is 18.6. The van der Waals surface area contributed by atoms with Crippen molar-refractivity contribution in [1.82, 2.24) is 0 Å². The van der Waals surface area contributed by atoms with Gasteiger partial charge in [-0.1, -0.05) is 12.1 Å². The molecule has 0 aliphatic carbocycles. The summed E-state index contributed by atoms with van der Waals surface area (Å²) < 4.78 is 16.4. The number of ether oxygens (including phenoxy) is 3. The number of aryl methyl sites for hydroxylation is 1. The zero-order chi connectivity index (χ0) is 18.3. The summed E-state index contributed by atoms with van der Waals surface area (Å²) >= 11 is 0. The van der Waals surface area contributed by atoms with Crippen LogP contribution in [0.25, 0.3) is 0 Å². The van der Waals surface area contributed by atoms with E-state index < -0.39 is 11.6 Å². The molecule has 0 fully saturated rings. The number of carboxylic acid groups (broad SMARTS) is 1. The van der Waals surface area contributed by atoms with Gasteiger partial charge >= 0.3 is 5.97 Å². The summed E-state index contributed by atoms with van der Waals surface area (Å²) in [6.07, 6.45) is 1.67. The normalized spacial score (nSPS) is 11.0. The fourth-order valence-electron chi connectivity index (χ4n) is 2.24. The molecule has 2 aromatic rings. The molecule has 0 heterocycles. The van der Waals surface area contributed by atoms with E-state index >= 15 is 0 Å². The molecule has 0 aliphatic rings. The molecule has 0 unspecified atom stereocenters. The van der Waals surface area contributed by atoms with Gasteiger partial charge in [0.05, 0.1) is 13.7 Å². The molecule has 1 N–H and O–H groups in total. The maximum absolute atomic E-state index is 11.1. The van der Waals surface area contributed by atoms with Crippen molar-refractivity contribution < 1.29 is 24.1 Å². The third kappa shape index (κ3) is 5.71. The molecule has 0 spiro atoms. The van der Waals surface area contributed by atoms with Crippen LogP contribution in [0.1, 0.15) is 25.8 Å². The predicted octanol–water partition coefficient (Wildman–Crippen LogP) is 3.95. The van der Waals surface area contributed by atoms with Gasteiger partial charge in [-0.25, -0.2) is 4.79 Å². The largest absolute Gasteiger partial charge is 0.497 e. The zero-order valence-corrected chi connectivity index (χ0v) is 14.8. The smallest absolute Gasteiger partial charge is 0.347 e. The van der Waals surface area contributed by atoms with Crippen LogP contribution in [0, 0.1) is 0 Å². The van der Waals surface area contributed by atoms with Crippen LogP contribution in [0.15, 0.2) is 48.5 Å². The Bertz CT molecular complexity index is 691. The SMILES string of the molecule is COc1ccc(OCCCc2cccc(OC(C)(C)C(=O)O)c2)cc1. The Kier molecular flexibility index (Phi) is 6.28. The molecule has 0 aliphatic heterocycles. The van der Waals surface area contributed by atoms with Gasteiger partial charge in [-0.05, 0) is 68.7 Å². The van der Waals surface area contributed by atoms with Crippen molar-refractivity contribution in [2.45, 2.75) is 32.3 Å². The summed E-state index contributed by atoms with van der Waals surface area (Å²) in [6.45, 7) is 3.66. The van der Waals surface area contributed by atoms with Crippen LogP contribution in [0.3, 0.4) is 0 Å². The molecule has 0 amide bonds. The average molecular weight is 344 g/mol. The van der Waals surface area contributed by atoms with Gasteiger partial charge in [-0.3, -0.25) is 0 Å². The second kappa shape index (κ2) is 8.42. The Morgan fingerprint density at radius 2 is 1.72 bits per heavy atom. The third-order valence-corrected chi connectivity index (χ3v) is 3.72. The molecular formula is C20H24O5. The van der Waals surface area contributed by atoms with E-state index in [0.29, 0.717) is 12.4 Å². The fourth-order valence-corrected chi connectivity index (χ4v) is 2.24. The summed E-state index contributed by atoms with van der Waals surface area (Å²) in [5, 5.41) is 9.14. The first-order valence-corrected chi connectivity index (χ1v) is 8.19. The number of carboxylic acids is 1. The molecule has 0 saturated heterocycles. The maximum atomic E-state index is 11.1. The van der Waals surface area contributed by atoms with E-state index in [-0.39, 0.29) is 0 Å². The molecule has 5 nitrogen and oxygen atoms in total. The van der Waals surface area contributed by atoms with Gasteiger partial charge in [-0.2, -0.15) is 0 Å². The topological polar surface area (TPSA) is 65.0 Å². The lowest BCUT2D eigenvalue weighted by molar-refractivity contribution is -0.152. The summed E-state index contributed by atoms with van der Waals surface area (Å²) in [4.78, 5) is 11.1. The first-order chi connectivity index (χ1) is 11.9. The van der Waals surface area contributed by atoms with Crippen LogP contribution >= 0.6 is 0 Å². The van der Waals surface area contributed by atoms with E-state index in [2.05, 4.69) is 0 Å². The number of aliphatic carboxylic acids is 1. The van der Waals surface area contributed by atoms with Crippen LogP contribution in [0.5, 0.6) is 17.2 Å². The Labute approximate surface area is 148 Å². The van der Waals surface area contributed by atoms with Crippen LogP contribution < -0.4 is 14.2 Å². The summed E-state index contributed by atoms with van der Waals surface area (Å²) in [5.74, 6) is 1.17. The van der Waals surface area contributed by atoms with Gasteiger partial charge in [0.25, 0.3) is 0 Å². The number of carbonyl (C=O) groups is 1. The van der Waals surface area contributed by atoms with E-state index in [4.69, 9.17) is 19.3 Å². The van der Waals surface area contributed by atoms with Crippen LogP contribution in [-0.4, -0.2) is 30.4 Å². The van der Waals surface area contributed by atoms with E-state index in [1.54, 1.807) is 13.2 Å². The van der Waals surface area contributed by atoms with Crippen molar-refractivity contribution in [1.29, 1.82) is 0 Å². The zero-order valence-electron chi connectivity index (χ0n) is 14.8. The Morgan fingerprint density at radius 1 is 1.04 bits per heavy atom. The van der Waals surface area contributed by atoms with Crippen LogP contribution in [0.2, 0.25) is 0 Å². The van der Waals surface area contributed by atoms with Crippen molar-refractivity contribution in [3.63, 3.8) is 0 Å². The van der Waals surface area contributed by atoms with E-state index in [0.717, 1.165) is 29.9 Å². The average Bonchev–Trinajstić information content (AvgIpc) is 2.59. The number of benzene rings is 2. The van der Waals surface area contributed by atoms with E-state index in [1.165, 1.54) is 13.8 Å². The Balaban J connectivity index is 1.82. The van der Waals surface area contributed by atoms with Crippen molar-refractivity contribution in [3.8, 4) is 17.2 Å². The van der Waals surface area contributed by atoms with E-state index in [9.17, 15) is 4.79 Å². The Morgan fingerprint density at radius 3 is 2.36 bits per heavy atom. The van der Waals surface area contributed by atoms with Gasteiger partial charge in [0.15, 0.2) is 5.60 Å². The molecule has 0 aromatic heterocycles. The standard InChI is InChI=1S/C20H24O5/c1-20(2,19(21)22)25-18-8-4-6-15(14-18)7-5-13-24-17-11-9-16(23-3)10-12-17/h4,6,8-12,14H,5,7,13H2,1-3H3,(H,21,22). The lowest BCUT2D eigenvalue weighted by Gasteiger charge is -2.21. The molecule has 5 heteroatoms. The molecule has 2 aromatic carbocycles. The van der Waals surface area contributed by atoms with Crippen LogP contribution in [-0.2, 0) is 11.2 Å². The summed E-state index contributed by atoms with van der Waals surface area (Å²) in [6, 6.07) is 15.0.